The summed E-state index contributed by atoms with van der Waals surface area (Å²) in [6, 6.07) is 9.53. The maximum absolute atomic E-state index is 11.8. The minimum Gasteiger partial charge on any atom is -0.493 e. The van der Waals surface area contributed by atoms with Crippen LogP contribution in [0, 0.1) is 0 Å². The zero-order chi connectivity index (χ0) is 20.8. The molecule has 0 spiro atoms. The zero-order valence-corrected chi connectivity index (χ0v) is 17.5. The van der Waals surface area contributed by atoms with Crippen molar-refractivity contribution in [2.75, 3.05) is 5.32 Å². The number of halogens is 1. The van der Waals surface area contributed by atoms with Crippen LogP contribution >= 0.6 is 22.9 Å². The summed E-state index contributed by atoms with van der Waals surface area (Å²) in [4.78, 5) is 21.5. The molecule has 4 aromatic rings. The lowest BCUT2D eigenvalue weighted by atomic mass is 10.3. The van der Waals surface area contributed by atoms with E-state index in [1.54, 1.807) is 22.9 Å². The monoisotopic (exact) mass is 440 g/mol. The Labute approximate surface area is 179 Å². The van der Waals surface area contributed by atoms with Crippen LogP contribution in [-0.2, 0) is 7.05 Å². The SMILES string of the molecule is Cn1c(O)c(/C=c2\cnn3c(=NC4CC4)cc(Nc4cccc(Cl)c4)nc23)sc1=O. The Morgan fingerprint density at radius 1 is 1.37 bits per heavy atom. The molecule has 2 N–H and O–H groups in total. The molecule has 0 aliphatic heterocycles. The van der Waals surface area contributed by atoms with Crippen molar-refractivity contribution in [1.29, 1.82) is 0 Å². The molecule has 0 atom stereocenters. The Kier molecular flexibility index (Phi) is 4.56. The summed E-state index contributed by atoms with van der Waals surface area (Å²) in [5, 5.41) is 19.2. The largest absolute Gasteiger partial charge is 0.493 e. The minimum atomic E-state index is -0.240. The standard InChI is InChI=1S/C20H17ClN6O2S/c1-26-19(28)15(30-20(26)29)7-11-10-22-27-17(24-13-5-6-13)9-16(25-18(11)27)23-14-4-2-3-12(21)8-14/h2-4,7-10,13,23,28H,5-6H2,1H3/b11-7+,24-17?. The van der Waals surface area contributed by atoms with Crippen LogP contribution in [0.5, 0.6) is 5.88 Å². The molecule has 1 saturated carbocycles. The normalized spacial score (nSPS) is 15.3. The number of anilines is 2. The van der Waals surface area contributed by atoms with Gasteiger partial charge in [0.15, 0.2) is 11.1 Å². The summed E-state index contributed by atoms with van der Waals surface area (Å²) in [5.41, 5.74) is 2.07. The number of aromatic hydroxyl groups is 1. The van der Waals surface area contributed by atoms with Crippen LogP contribution in [0.2, 0.25) is 5.02 Å². The van der Waals surface area contributed by atoms with Crippen LogP contribution in [0.4, 0.5) is 11.5 Å². The van der Waals surface area contributed by atoms with Gasteiger partial charge in [0.25, 0.3) is 0 Å². The maximum atomic E-state index is 11.8. The number of benzene rings is 1. The molecule has 152 valence electrons. The fourth-order valence-electron chi connectivity index (χ4n) is 3.02. The van der Waals surface area contributed by atoms with Crippen LogP contribution in [0.25, 0.3) is 11.7 Å². The van der Waals surface area contributed by atoms with E-state index in [-0.39, 0.29) is 10.8 Å². The summed E-state index contributed by atoms with van der Waals surface area (Å²) < 4.78 is 2.88. The fraction of sp³-hybridized carbons (Fsp3) is 0.200. The van der Waals surface area contributed by atoms with E-state index in [0.29, 0.717) is 38.1 Å². The molecule has 0 amide bonds. The van der Waals surface area contributed by atoms with Crippen LogP contribution < -0.4 is 20.9 Å². The third kappa shape index (κ3) is 3.57. The number of thiazole rings is 1. The van der Waals surface area contributed by atoms with Crippen LogP contribution in [0.1, 0.15) is 17.7 Å². The van der Waals surface area contributed by atoms with Crippen LogP contribution in [0.15, 0.2) is 46.3 Å². The van der Waals surface area contributed by atoms with Crippen LogP contribution in [0.3, 0.4) is 0 Å². The maximum Gasteiger partial charge on any atom is 0.310 e. The third-order valence-electron chi connectivity index (χ3n) is 4.73. The number of aromatic nitrogens is 4. The predicted molar refractivity (Wildman–Crippen MR) is 116 cm³/mol. The fourth-order valence-corrected chi connectivity index (χ4v) is 4.04. The molecule has 1 aromatic carbocycles. The van der Waals surface area contributed by atoms with Crippen molar-refractivity contribution in [3.05, 3.63) is 66.8 Å². The molecule has 3 aromatic heterocycles. The second-order valence-electron chi connectivity index (χ2n) is 7.09. The average Bonchev–Trinajstić information content (AvgIpc) is 3.39. The first kappa shape index (κ1) is 18.8. The minimum absolute atomic E-state index is 0.0829. The summed E-state index contributed by atoms with van der Waals surface area (Å²) in [5.74, 6) is 0.519. The van der Waals surface area contributed by atoms with Crippen molar-refractivity contribution in [2.24, 2.45) is 12.0 Å². The van der Waals surface area contributed by atoms with Gasteiger partial charge in [-0.2, -0.15) is 9.61 Å². The first-order valence-electron chi connectivity index (χ1n) is 9.34. The molecule has 10 heteroatoms. The van der Waals surface area contributed by atoms with Crippen molar-refractivity contribution in [3.8, 4) is 5.88 Å². The van der Waals surface area contributed by atoms with E-state index in [2.05, 4.69) is 10.4 Å². The van der Waals surface area contributed by atoms with Gasteiger partial charge < -0.3 is 10.4 Å². The highest BCUT2D eigenvalue weighted by Gasteiger charge is 2.20. The summed E-state index contributed by atoms with van der Waals surface area (Å²) in [7, 11) is 1.53. The van der Waals surface area contributed by atoms with E-state index in [4.69, 9.17) is 21.6 Å². The van der Waals surface area contributed by atoms with Gasteiger partial charge >= 0.3 is 4.87 Å². The summed E-state index contributed by atoms with van der Waals surface area (Å²) in [6.45, 7) is 0. The van der Waals surface area contributed by atoms with E-state index in [1.807, 2.05) is 24.3 Å². The number of hydrogen-bond acceptors (Lipinski definition) is 7. The molecular formula is C20H17ClN6O2S. The number of hydrogen-bond donors (Lipinski definition) is 2. The van der Waals surface area contributed by atoms with Gasteiger partial charge in [0.2, 0.25) is 5.88 Å². The molecule has 5 rings (SSSR count). The number of nitrogens with one attached hydrogen (secondary N) is 1. The quantitative estimate of drug-likeness (QED) is 0.507. The van der Waals surface area contributed by atoms with Gasteiger partial charge in [-0.25, -0.2) is 4.98 Å². The number of rotatable bonds is 4. The second-order valence-corrected chi connectivity index (χ2v) is 8.52. The molecule has 1 aliphatic carbocycles. The lowest BCUT2D eigenvalue weighted by Crippen LogP contribution is -2.19. The van der Waals surface area contributed by atoms with Crippen molar-refractivity contribution in [2.45, 2.75) is 18.9 Å². The Balaban J connectivity index is 1.69. The molecule has 0 unspecified atom stereocenters. The Bertz CT molecular complexity index is 1450. The zero-order valence-electron chi connectivity index (χ0n) is 15.9. The topological polar surface area (TPSA) is 96.8 Å². The van der Waals surface area contributed by atoms with Crippen LogP contribution in [-0.4, -0.2) is 30.3 Å². The Hall–Kier alpha value is -3.17. The van der Waals surface area contributed by atoms with Gasteiger partial charge in [0.1, 0.15) is 5.82 Å². The molecule has 1 fully saturated rings. The van der Waals surface area contributed by atoms with Crippen molar-refractivity contribution in [1.82, 2.24) is 19.2 Å². The van der Waals surface area contributed by atoms with Gasteiger partial charge in [-0.15, -0.1) is 0 Å². The second kappa shape index (κ2) is 7.26. The van der Waals surface area contributed by atoms with E-state index in [0.717, 1.165) is 29.9 Å². The average molecular weight is 441 g/mol. The summed E-state index contributed by atoms with van der Waals surface area (Å²) in [6.07, 6.45) is 5.49. The summed E-state index contributed by atoms with van der Waals surface area (Å²) >= 11 is 7.06. The number of fused-ring (bicyclic) bond motifs is 1. The first-order valence-corrected chi connectivity index (χ1v) is 10.5. The van der Waals surface area contributed by atoms with Gasteiger partial charge in [-0.05, 0) is 37.1 Å². The molecule has 30 heavy (non-hydrogen) atoms. The van der Waals surface area contributed by atoms with Crippen molar-refractivity contribution < 1.29 is 5.11 Å². The van der Waals surface area contributed by atoms with E-state index >= 15 is 0 Å². The van der Waals surface area contributed by atoms with Crippen molar-refractivity contribution in [3.63, 3.8) is 0 Å². The Morgan fingerprint density at radius 3 is 2.90 bits per heavy atom. The third-order valence-corrected chi connectivity index (χ3v) is 5.94. The molecule has 3 heterocycles. The lowest BCUT2D eigenvalue weighted by Gasteiger charge is -2.06. The molecule has 0 radical (unpaired) electrons. The molecule has 0 saturated heterocycles. The molecule has 1 aliphatic rings. The molecule has 8 nitrogen and oxygen atoms in total. The first-order chi connectivity index (χ1) is 14.5. The molecule has 0 bridgehead atoms. The van der Waals surface area contributed by atoms with Gasteiger partial charge in [-0.1, -0.05) is 29.0 Å². The van der Waals surface area contributed by atoms with E-state index in [9.17, 15) is 9.90 Å². The molecular weight excluding hydrogens is 424 g/mol. The highest BCUT2D eigenvalue weighted by atomic mass is 35.5. The van der Waals surface area contributed by atoms with Gasteiger partial charge in [0, 0.05) is 29.0 Å². The van der Waals surface area contributed by atoms with Gasteiger partial charge in [-0.3, -0.25) is 14.4 Å². The van der Waals surface area contributed by atoms with Crippen molar-refractivity contribution >= 4 is 46.2 Å². The highest BCUT2D eigenvalue weighted by molar-refractivity contribution is 7.10. The smallest absolute Gasteiger partial charge is 0.310 e. The predicted octanol–water partition coefficient (Wildman–Crippen LogP) is 2.20. The number of nitrogens with zero attached hydrogens (tertiary/aromatic N) is 5. The highest BCUT2D eigenvalue weighted by Crippen LogP contribution is 2.23. The van der Waals surface area contributed by atoms with E-state index in [1.165, 1.54) is 11.6 Å². The van der Waals surface area contributed by atoms with E-state index < -0.39 is 0 Å². The lowest BCUT2D eigenvalue weighted by molar-refractivity contribution is 0.428. The Morgan fingerprint density at radius 2 is 2.20 bits per heavy atom. The van der Waals surface area contributed by atoms with Gasteiger partial charge in [0.05, 0.1) is 17.1 Å².